The lowest BCUT2D eigenvalue weighted by Gasteiger charge is -2.25. The molecule has 0 aromatic heterocycles. The van der Waals surface area contributed by atoms with Gasteiger partial charge in [-0.25, -0.2) is 8.42 Å². The maximum absolute atomic E-state index is 13.9. The number of rotatable bonds is 15. The summed E-state index contributed by atoms with van der Waals surface area (Å²) in [5.41, 5.74) is -0.161. The van der Waals surface area contributed by atoms with Gasteiger partial charge in [0.2, 0.25) is 5.91 Å². The summed E-state index contributed by atoms with van der Waals surface area (Å²) in [5, 5.41) is 2.88. The van der Waals surface area contributed by atoms with Crippen LogP contribution in [0.3, 0.4) is 0 Å². The van der Waals surface area contributed by atoms with E-state index in [4.69, 9.17) is 9.47 Å². The number of sulfone groups is 1. The average Bonchev–Trinajstić information content (AvgIpc) is 3.50. The Morgan fingerprint density at radius 2 is 1.62 bits per heavy atom. The Bertz CT molecular complexity index is 1240. The van der Waals surface area contributed by atoms with Gasteiger partial charge in [-0.15, -0.1) is 0 Å². The first-order chi connectivity index (χ1) is 19.9. The highest BCUT2D eigenvalue weighted by Gasteiger charge is 2.50. The van der Waals surface area contributed by atoms with Crippen LogP contribution in [0.5, 0.6) is 0 Å². The van der Waals surface area contributed by atoms with Crippen molar-refractivity contribution in [2.75, 3.05) is 26.1 Å². The highest BCUT2D eigenvalue weighted by Crippen LogP contribution is 2.37. The Kier molecular flexibility index (Phi) is 10.8. The normalized spacial score (nSPS) is 23.6. The summed E-state index contributed by atoms with van der Waals surface area (Å²) < 4.78 is 34.6. The first kappa shape index (κ1) is 32.5. The minimum absolute atomic E-state index is 0.00393. The van der Waals surface area contributed by atoms with Crippen molar-refractivity contribution in [1.29, 1.82) is 0 Å². The van der Waals surface area contributed by atoms with E-state index in [0.717, 1.165) is 31.9 Å². The Hall–Kier alpha value is -2.43. The summed E-state index contributed by atoms with van der Waals surface area (Å²) in [6.45, 7) is 4.88. The molecule has 1 saturated carbocycles. The van der Waals surface area contributed by atoms with E-state index in [1.54, 1.807) is 26.0 Å². The zero-order chi connectivity index (χ0) is 30.5. The van der Waals surface area contributed by atoms with Crippen LogP contribution < -0.4 is 5.32 Å². The summed E-state index contributed by atoms with van der Waals surface area (Å²) in [5.74, 6) is -1.52. The molecule has 2 heterocycles. The van der Waals surface area contributed by atoms with Crippen LogP contribution in [0.1, 0.15) is 77.2 Å². The Morgan fingerprint density at radius 3 is 2.19 bits per heavy atom. The first-order valence-corrected chi connectivity index (χ1v) is 17.2. The van der Waals surface area contributed by atoms with Crippen LogP contribution in [0.2, 0.25) is 0 Å². The molecular weight excluding hydrogens is 558 g/mol. The van der Waals surface area contributed by atoms with Crippen LogP contribution in [0, 0.1) is 23.7 Å². The van der Waals surface area contributed by atoms with E-state index in [2.05, 4.69) is 5.32 Å². The van der Waals surface area contributed by atoms with Gasteiger partial charge in [-0.05, 0) is 56.2 Å². The van der Waals surface area contributed by atoms with Gasteiger partial charge in [-0.3, -0.25) is 19.2 Å². The summed E-state index contributed by atoms with van der Waals surface area (Å²) in [6, 6.07) is 5.33. The van der Waals surface area contributed by atoms with E-state index >= 15 is 0 Å². The molecule has 10 heteroatoms. The fourth-order valence-electron chi connectivity index (χ4n) is 6.25. The molecule has 42 heavy (non-hydrogen) atoms. The molecule has 1 amide bonds. The lowest BCUT2D eigenvalue weighted by Crippen LogP contribution is -2.46. The molecule has 0 radical (unpaired) electrons. The number of ether oxygens (including phenoxy) is 2. The van der Waals surface area contributed by atoms with Crippen molar-refractivity contribution in [3.05, 3.63) is 29.8 Å². The van der Waals surface area contributed by atoms with Gasteiger partial charge in [0.25, 0.3) is 0 Å². The second kappa shape index (κ2) is 13.9. The van der Waals surface area contributed by atoms with Gasteiger partial charge in [-0.1, -0.05) is 44.7 Å². The Morgan fingerprint density at radius 1 is 1.00 bits per heavy atom. The van der Waals surface area contributed by atoms with Crippen molar-refractivity contribution < 1.29 is 37.1 Å². The molecule has 2 aliphatic heterocycles. The predicted octanol–water partition coefficient (Wildman–Crippen LogP) is 3.65. The van der Waals surface area contributed by atoms with Gasteiger partial charge < -0.3 is 14.8 Å². The van der Waals surface area contributed by atoms with Crippen LogP contribution in [0.15, 0.2) is 29.2 Å². The molecule has 2 saturated heterocycles. The average molecular weight is 604 g/mol. The molecule has 1 aromatic rings. The van der Waals surface area contributed by atoms with E-state index in [1.807, 2.05) is 0 Å². The topological polar surface area (TPSA) is 136 Å². The summed E-state index contributed by atoms with van der Waals surface area (Å²) >= 11 is 0. The van der Waals surface area contributed by atoms with E-state index < -0.39 is 39.2 Å². The molecule has 1 aliphatic carbocycles. The maximum atomic E-state index is 13.9. The highest BCUT2D eigenvalue weighted by atomic mass is 32.2. The third-order valence-corrected chi connectivity index (χ3v) is 10.3. The quantitative estimate of drug-likeness (QED) is 0.300. The number of ketones is 3. The van der Waals surface area contributed by atoms with Crippen LogP contribution in [0.25, 0.3) is 0 Å². The molecule has 4 unspecified atom stereocenters. The standard InChI is InChI=1S/C32H45NO8S/c1-21(16-28(34)24-12-14-40-15-13-24)31(37)33-27(18-23-8-10-26(11-9-23)42(3,38)39)29(35)19-25(17-22-6-4-5-7-22)30(36)32(2)20-41-32/h8-11,21-22,24-25,27H,4-7,12-20H2,1-3H3,(H,33,37). The molecule has 4 rings (SSSR count). The van der Waals surface area contributed by atoms with E-state index in [1.165, 1.54) is 12.1 Å². The van der Waals surface area contributed by atoms with Crippen molar-refractivity contribution in [3.63, 3.8) is 0 Å². The van der Waals surface area contributed by atoms with E-state index in [9.17, 15) is 27.6 Å². The van der Waals surface area contributed by atoms with Crippen LogP contribution in [-0.4, -0.2) is 69.4 Å². The fourth-order valence-corrected chi connectivity index (χ4v) is 6.88. The smallest absolute Gasteiger partial charge is 0.223 e. The number of benzene rings is 1. The fraction of sp³-hybridized carbons (Fsp3) is 0.688. The number of epoxide rings is 1. The van der Waals surface area contributed by atoms with Crippen molar-refractivity contribution in [3.8, 4) is 0 Å². The Balaban J connectivity index is 1.49. The van der Waals surface area contributed by atoms with Gasteiger partial charge in [0.05, 0.1) is 17.5 Å². The van der Waals surface area contributed by atoms with E-state index in [-0.39, 0.29) is 47.4 Å². The number of hydrogen-bond donors (Lipinski definition) is 1. The SMILES string of the molecule is CC(CC(=O)C1CCOCC1)C(=O)NC(Cc1ccc(S(C)(=O)=O)cc1)C(=O)CC(CC1CCCC1)C(=O)C1(C)CO1. The molecule has 9 nitrogen and oxygen atoms in total. The van der Waals surface area contributed by atoms with Crippen LogP contribution in [-0.2, 0) is 44.9 Å². The van der Waals surface area contributed by atoms with Gasteiger partial charge in [0, 0.05) is 50.1 Å². The molecule has 0 spiro atoms. The molecule has 1 aromatic carbocycles. The molecule has 1 N–H and O–H groups in total. The number of carbonyl (C=O) groups excluding carboxylic acids is 4. The third-order valence-electron chi connectivity index (χ3n) is 9.14. The molecule has 0 bridgehead atoms. The number of amides is 1. The zero-order valence-corrected chi connectivity index (χ0v) is 25.9. The van der Waals surface area contributed by atoms with Crippen molar-refractivity contribution in [2.24, 2.45) is 23.7 Å². The van der Waals surface area contributed by atoms with Crippen molar-refractivity contribution in [2.45, 2.75) is 94.6 Å². The van der Waals surface area contributed by atoms with E-state index in [0.29, 0.717) is 50.6 Å². The largest absolute Gasteiger partial charge is 0.381 e. The van der Waals surface area contributed by atoms with Gasteiger partial charge in [-0.2, -0.15) is 0 Å². The number of hydrogen-bond acceptors (Lipinski definition) is 8. The molecule has 3 aliphatic rings. The lowest BCUT2D eigenvalue weighted by atomic mass is 9.81. The minimum atomic E-state index is -3.39. The molecule has 4 atom stereocenters. The molecule has 232 valence electrons. The number of nitrogens with one attached hydrogen (secondary N) is 1. The van der Waals surface area contributed by atoms with Crippen LogP contribution >= 0.6 is 0 Å². The third kappa shape index (κ3) is 8.80. The summed E-state index contributed by atoms with van der Waals surface area (Å²) in [4.78, 5) is 53.5. The predicted molar refractivity (Wildman–Crippen MR) is 157 cm³/mol. The number of carbonyl (C=O) groups is 4. The van der Waals surface area contributed by atoms with Crippen molar-refractivity contribution in [1.82, 2.24) is 5.32 Å². The number of Topliss-reactive ketones (excluding diaryl/α,β-unsaturated/α-hetero) is 3. The second-order valence-corrected chi connectivity index (χ2v) is 14.8. The second-order valence-electron chi connectivity index (χ2n) is 12.8. The zero-order valence-electron chi connectivity index (χ0n) is 25.1. The Labute approximate surface area is 249 Å². The highest BCUT2D eigenvalue weighted by molar-refractivity contribution is 7.90. The summed E-state index contributed by atoms with van der Waals surface area (Å²) in [7, 11) is -3.39. The summed E-state index contributed by atoms with van der Waals surface area (Å²) in [6.07, 6.45) is 7.62. The monoisotopic (exact) mass is 603 g/mol. The maximum Gasteiger partial charge on any atom is 0.223 e. The lowest BCUT2D eigenvalue weighted by molar-refractivity contribution is -0.135. The molecular formula is C32H45NO8S. The minimum Gasteiger partial charge on any atom is -0.381 e. The van der Waals surface area contributed by atoms with Gasteiger partial charge in [0.15, 0.2) is 21.4 Å². The van der Waals surface area contributed by atoms with Crippen LogP contribution in [0.4, 0.5) is 0 Å². The first-order valence-electron chi connectivity index (χ1n) is 15.3. The van der Waals surface area contributed by atoms with Gasteiger partial charge >= 0.3 is 0 Å². The van der Waals surface area contributed by atoms with Gasteiger partial charge in [0.1, 0.15) is 11.4 Å². The molecule has 3 fully saturated rings. The van der Waals surface area contributed by atoms with Crippen molar-refractivity contribution >= 4 is 33.1 Å².